The Balaban J connectivity index is 1.34. The molecule has 1 aliphatic carbocycles. The minimum absolute atomic E-state index is 0.0374. The predicted molar refractivity (Wildman–Crippen MR) is 156 cm³/mol. The third-order valence-corrected chi connectivity index (χ3v) is 10.2. The summed E-state index contributed by atoms with van der Waals surface area (Å²) in [5.74, 6) is -2.40. The van der Waals surface area contributed by atoms with E-state index in [0.717, 1.165) is 29.4 Å². The Kier molecular flexibility index (Phi) is 8.09. The standard InChI is InChI=1S/C30H30F2N3O8PS/c31-23-12-21(20-9-16-3-1-2-4-25(16)45-14-22(20)27(23)32)28-17(13-36)10-24(41-15-42-44(38,39)40)29-30(37)34-8-7-19(43-18-5-6-18)11-26(34)33-35(28)29/h1-4,12-13,18-19,26,33H,5-11,14-15H2,(H2,38,39,40)/t19?,26-/m0/s1. The van der Waals surface area contributed by atoms with Crippen LogP contribution in [-0.2, 0) is 40.3 Å². The number of nitrogens with one attached hydrogen (secondary N) is 1. The van der Waals surface area contributed by atoms with Gasteiger partial charge in [-0.15, -0.1) is 11.8 Å². The number of amides is 1. The molecule has 2 aromatic carbocycles. The lowest BCUT2D eigenvalue weighted by molar-refractivity contribution is -0.144. The van der Waals surface area contributed by atoms with E-state index in [4.69, 9.17) is 19.3 Å². The zero-order valence-electron chi connectivity index (χ0n) is 23.9. The van der Waals surface area contributed by atoms with Gasteiger partial charge in [0.15, 0.2) is 24.1 Å². The highest BCUT2D eigenvalue weighted by Gasteiger charge is 2.47. The summed E-state index contributed by atoms with van der Waals surface area (Å²) >= 11 is 1.39. The highest BCUT2D eigenvalue weighted by Crippen LogP contribution is 2.45. The normalized spacial score (nSPS) is 23.2. The molecular formula is C30H30F2N3O8PS. The molecule has 1 unspecified atom stereocenters. The van der Waals surface area contributed by atoms with Crippen LogP contribution in [0.25, 0.3) is 5.70 Å². The number of aldehydes is 1. The van der Waals surface area contributed by atoms with Crippen LogP contribution in [0.1, 0.15) is 54.4 Å². The zero-order chi connectivity index (χ0) is 31.5. The first kappa shape index (κ1) is 30.5. The number of carbonyl (C=O) groups is 2. The van der Waals surface area contributed by atoms with Gasteiger partial charge in [0.05, 0.1) is 17.9 Å². The number of phosphoric ester groups is 1. The third kappa shape index (κ3) is 5.96. The Hall–Kier alpha value is -3.10. The van der Waals surface area contributed by atoms with Crippen molar-refractivity contribution in [2.75, 3.05) is 13.3 Å². The molecule has 2 atom stereocenters. The van der Waals surface area contributed by atoms with Crippen LogP contribution in [0, 0.1) is 11.6 Å². The van der Waals surface area contributed by atoms with Crippen molar-refractivity contribution in [3.8, 4) is 0 Å². The van der Waals surface area contributed by atoms with E-state index in [-0.39, 0.29) is 64.7 Å². The monoisotopic (exact) mass is 661 g/mol. The maximum atomic E-state index is 15.4. The number of halogens is 2. The molecule has 3 fully saturated rings. The number of hydrogen-bond donors (Lipinski definition) is 3. The molecule has 0 bridgehead atoms. The lowest BCUT2D eigenvalue weighted by Gasteiger charge is -2.50. The fourth-order valence-electron chi connectivity index (χ4n) is 6.34. The maximum Gasteiger partial charge on any atom is 0.472 e. The van der Waals surface area contributed by atoms with Crippen molar-refractivity contribution in [2.24, 2.45) is 0 Å². The first-order valence-corrected chi connectivity index (χ1v) is 17.1. The Morgan fingerprint density at radius 3 is 2.64 bits per heavy atom. The number of hydrogen-bond acceptors (Lipinski definition) is 9. The fourth-order valence-corrected chi connectivity index (χ4v) is 7.63. The van der Waals surface area contributed by atoms with Gasteiger partial charge in [0.2, 0.25) is 0 Å². The number of hydrazine groups is 1. The molecule has 45 heavy (non-hydrogen) atoms. The number of ether oxygens (including phenoxy) is 2. The van der Waals surface area contributed by atoms with Gasteiger partial charge in [-0.3, -0.25) is 14.6 Å². The average molecular weight is 662 g/mol. The molecule has 4 heterocycles. The highest BCUT2D eigenvalue weighted by molar-refractivity contribution is 7.98. The molecule has 2 aromatic rings. The van der Waals surface area contributed by atoms with Crippen molar-refractivity contribution in [2.45, 2.75) is 67.5 Å². The van der Waals surface area contributed by atoms with Gasteiger partial charge in [-0.25, -0.2) is 23.3 Å². The van der Waals surface area contributed by atoms with Crippen LogP contribution in [0.2, 0.25) is 0 Å². The molecule has 15 heteroatoms. The Bertz CT molecular complexity index is 1690. The van der Waals surface area contributed by atoms with Crippen molar-refractivity contribution in [1.29, 1.82) is 0 Å². The molecule has 5 aliphatic rings. The molecule has 7 rings (SSSR count). The first-order chi connectivity index (χ1) is 21.6. The van der Waals surface area contributed by atoms with E-state index in [1.165, 1.54) is 16.8 Å². The van der Waals surface area contributed by atoms with Gasteiger partial charge in [0, 0.05) is 46.7 Å². The summed E-state index contributed by atoms with van der Waals surface area (Å²) in [6, 6.07) is 8.64. The fraction of sp³-hybridized carbons (Fsp3) is 0.400. The smallest absolute Gasteiger partial charge is 0.468 e. The van der Waals surface area contributed by atoms with Gasteiger partial charge in [-0.1, -0.05) is 18.2 Å². The number of rotatable bonds is 8. The van der Waals surface area contributed by atoms with E-state index >= 15 is 8.78 Å². The molecular weight excluding hydrogens is 631 g/mol. The summed E-state index contributed by atoms with van der Waals surface area (Å²) in [5.41, 5.74) is 5.39. The lowest BCUT2D eigenvalue weighted by Crippen LogP contribution is -2.65. The molecule has 238 valence electrons. The Labute approximate surface area is 261 Å². The summed E-state index contributed by atoms with van der Waals surface area (Å²) in [7, 11) is -4.91. The number of benzene rings is 2. The van der Waals surface area contributed by atoms with Gasteiger partial charge in [0.25, 0.3) is 5.91 Å². The van der Waals surface area contributed by atoms with Crippen molar-refractivity contribution in [3.05, 3.63) is 81.2 Å². The Morgan fingerprint density at radius 1 is 1.09 bits per heavy atom. The van der Waals surface area contributed by atoms with E-state index in [1.807, 2.05) is 24.3 Å². The molecule has 0 radical (unpaired) electrons. The van der Waals surface area contributed by atoms with Gasteiger partial charge >= 0.3 is 7.82 Å². The van der Waals surface area contributed by atoms with Crippen LogP contribution in [-0.4, -0.2) is 63.6 Å². The number of carbonyl (C=O) groups excluding carboxylic acids is 2. The van der Waals surface area contributed by atoms with Crippen LogP contribution >= 0.6 is 19.6 Å². The summed E-state index contributed by atoms with van der Waals surface area (Å²) in [5, 5.41) is 1.39. The molecule has 0 spiro atoms. The molecule has 4 aliphatic heterocycles. The van der Waals surface area contributed by atoms with Gasteiger partial charge in [-0.05, 0) is 48.9 Å². The second-order valence-corrected chi connectivity index (χ2v) is 13.8. The maximum absolute atomic E-state index is 15.4. The minimum atomic E-state index is -4.91. The molecule has 1 saturated carbocycles. The largest absolute Gasteiger partial charge is 0.472 e. The molecule has 1 amide bonds. The van der Waals surface area contributed by atoms with Crippen LogP contribution in [0.15, 0.2) is 52.3 Å². The zero-order valence-corrected chi connectivity index (χ0v) is 25.6. The SMILES string of the molecule is O=CC1=C(c2cc(F)c(F)c3c2Cc2ccccc2SC3)N2N[C@@H]3CC(OC4CC4)CCN3C(=O)C2=C(OCOP(=O)(O)O)C1. The van der Waals surface area contributed by atoms with Crippen molar-refractivity contribution < 1.29 is 46.7 Å². The van der Waals surface area contributed by atoms with Gasteiger partial charge in [0.1, 0.15) is 18.2 Å². The van der Waals surface area contributed by atoms with Crippen molar-refractivity contribution in [3.63, 3.8) is 0 Å². The minimum Gasteiger partial charge on any atom is -0.468 e. The number of allylic oxidation sites excluding steroid dienone is 1. The number of phosphoric acid groups is 1. The van der Waals surface area contributed by atoms with Crippen molar-refractivity contribution >= 4 is 37.5 Å². The Morgan fingerprint density at radius 2 is 1.89 bits per heavy atom. The van der Waals surface area contributed by atoms with Crippen LogP contribution in [0.4, 0.5) is 8.78 Å². The summed E-state index contributed by atoms with van der Waals surface area (Å²) < 4.78 is 58.3. The van der Waals surface area contributed by atoms with E-state index in [2.05, 4.69) is 9.95 Å². The number of fused-ring (bicyclic) bond motifs is 4. The number of thioether (sulfide) groups is 1. The summed E-state index contributed by atoms with van der Waals surface area (Å²) in [6.07, 6.45) is 3.16. The molecule has 3 N–H and O–H groups in total. The number of piperidine rings is 1. The van der Waals surface area contributed by atoms with Gasteiger partial charge < -0.3 is 24.2 Å². The second-order valence-electron chi connectivity index (χ2n) is 11.5. The third-order valence-electron chi connectivity index (χ3n) is 8.57. The van der Waals surface area contributed by atoms with Crippen LogP contribution in [0.5, 0.6) is 0 Å². The average Bonchev–Trinajstić information content (AvgIpc) is 3.84. The highest BCUT2D eigenvalue weighted by atomic mass is 32.2. The second kappa shape index (κ2) is 11.9. The first-order valence-electron chi connectivity index (χ1n) is 14.6. The van der Waals surface area contributed by atoms with Crippen molar-refractivity contribution in [1.82, 2.24) is 15.3 Å². The van der Waals surface area contributed by atoms with E-state index in [1.54, 1.807) is 4.90 Å². The topological polar surface area (TPSA) is 138 Å². The summed E-state index contributed by atoms with van der Waals surface area (Å²) in [4.78, 5) is 47.7. The summed E-state index contributed by atoms with van der Waals surface area (Å²) in [6.45, 7) is -0.521. The van der Waals surface area contributed by atoms with E-state index < -0.39 is 38.3 Å². The van der Waals surface area contributed by atoms with E-state index in [0.29, 0.717) is 31.2 Å². The van der Waals surface area contributed by atoms with Crippen LogP contribution in [0.3, 0.4) is 0 Å². The van der Waals surface area contributed by atoms with Gasteiger partial charge in [-0.2, -0.15) is 0 Å². The molecule has 2 saturated heterocycles. The predicted octanol–water partition coefficient (Wildman–Crippen LogP) is 4.09. The molecule has 11 nitrogen and oxygen atoms in total. The van der Waals surface area contributed by atoms with Crippen LogP contribution < -0.4 is 5.43 Å². The quantitative estimate of drug-likeness (QED) is 0.214. The van der Waals surface area contributed by atoms with E-state index in [9.17, 15) is 14.2 Å². The molecule has 0 aromatic heterocycles. The number of nitrogens with zero attached hydrogens (tertiary/aromatic N) is 2. The lowest BCUT2D eigenvalue weighted by atomic mass is 9.88.